The molecular formula is C20H22ClN2O-. The van der Waals surface area contributed by atoms with E-state index in [0.717, 1.165) is 30.8 Å². The number of aliphatic hydroxyl groups is 1. The highest BCUT2D eigenvalue weighted by Gasteiger charge is 2.42. The van der Waals surface area contributed by atoms with Crippen LogP contribution in [0, 0.1) is 0 Å². The van der Waals surface area contributed by atoms with Crippen molar-refractivity contribution in [2.45, 2.75) is 31.4 Å². The van der Waals surface area contributed by atoms with Crippen molar-refractivity contribution in [3.8, 4) is 11.1 Å². The van der Waals surface area contributed by atoms with Crippen LogP contribution in [0.15, 0.2) is 59.6 Å². The lowest BCUT2D eigenvalue weighted by Gasteiger charge is -2.35. The summed E-state index contributed by atoms with van der Waals surface area (Å²) in [7, 11) is 0. The first-order valence-corrected chi connectivity index (χ1v) is 8.47. The molecule has 2 aromatic rings. The van der Waals surface area contributed by atoms with Gasteiger partial charge in [0.1, 0.15) is 5.84 Å². The van der Waals surface area contributed by atoms with E-state index in [4.69, 9.17) is 0 Å². The van der Waals surface area contributed by atoms with E-state index in [0.29, 0.717) is 6.54 Å². The molecule has 4 heteroatoms. The molecule has 0 amide bonds. The van der Waals surface area contributed by atoms with Crippen molar-refractivity contribution >= 4 is 5.84 Å². The lowest BCUT2D eigenvalue weighted by Crippen LogP contribution is -3.00. The summed E-state index contributed by atoms with van der Waals surface area (Å²) in [6.45, 7) is 1.35. The summed E-state index contributed by atoms with van der Waals surface area (Å²) in [6.07, 6.45) is 4.52. The Morgan fingerprint density at radius 1 is 0.875 bits per heavy atom. The number of halogens is 1. The molecule has 1 atom stereocenters. The van der Waals surface area contributed by atoms with Gasteiger partial charge in [-0.15, -0.1) is 0 Å². The SMILES string of the molecule is OC1(c2ccc(-c3ccccc3)cc2)CN=C2CCCCCN21.[Cl-]. The van der Waals surface area contributed by atoms with Gasteiger partial charge >= 0.3 is 0 Å². The lowest BCUT2D eigenvalue weighted by molar-refractivity contribution is -0.0556. The largest absolute Gasteiger partial charge is 1.00 e. The Labute approximate surface area is 149 Å². The lowest BCUT2D eigenvalue weighted by atomic mass is 9.97. The topological polar surface area (TPSA) is 35.8 Å². The summed E-state index contributed by atoms with van der Waals surface area (Å²) >= 11 is 0. The molecular weight excluding hydrogens is 320 g/mol. The van der Waals surface area contributed by atoms with Crippen LogP contribution in [-0.4, -0.2) is 28.9 Å². The third-order valence-electron chi connectivity index (χ3n) is 4.98. The summed E-state index contributed by atoms with van der Waals surface area (Å²) in [4.78, 5) is 6.74. The fourth-order valence-electron chi connectivity index (χ4n) is 3.65. The van der Waals surface area contributed by atoms with Gasteiger partial charge in [-0.3, -0.25) is 4.99 Å². The molecule has 1 unspecified atom stereocenters. The number of aliphatic imine (C=N–C) groups is 1. The molecule has 0 aromatic heterocycles. The van der Waals surface area contributed by atoms with E-state index in [1.165, 1.54) is 24.0 Å². The Morgan fingerprint density at radius 2 is 1.58 bits per heavy atom. The predicted molar refractivity (Wildman–Crippen MR) is 93.3 cm³/mol. The Balaban J connectivity index is 0.00000169. The Bertz CT molecular complexity index is 714. The van der Waals surface area contributed by atoms with E-state index in [9.17, 15) is 5.11 Å². The van der Waals surface area contributed by atoms with Gasteiger partial charge in [-0.05, 0) is 24.0 Å². The van der Waals surface area contributed by atoms with Crippen LogP contribution in [0.2, 0.25) is 0 Å². The van der Waals surface area contributed by atoms with Crippen LogP contribution < -0.4 is 12.4 Å². The maximum Gasteiger partial charge on any atom is 0.185 e. The minimum absolute atomic E-state index is 0. The number of hydrogen-bond acceptors (Lipinski definition) is 3. The Hall–Kier alpha value is -1.84. The predicted octanol–water partition coefficient (Wildman–Crippen LogP) is 0.791. The number of hydrogen-bond donors (Lipinski definition) is 1. The highest BCUT2D eigenvalue weighted by atomic mass is 35.5. The molecule has 1 N–H and O–H groups in total. The Morgan fingerprint density at radius 3 is 2.33 bits per heavy atom. The van der Waals surface area contributed by atoms with Crippen LogP contribution in [0.4, 0.5) is 0 Å². The van der Waals surface area contributed by atoms with E-state index in [2.05, 4.69) is 34.2 Å². The summed E-state index contributed by atoms with van der Waals surface area (Å²) < 4.78 is 0. The summed E-state index contributed by atoms with van der Waals surface area (Å²) in [5, 5.41) is 11.3. The molecule has 0 radical (unpaired) electrons. The van der Waals surface area contributed by atoms with Crippen molar-refractivity contribution in [3.63, 3.8) is 0 Å². The van der Waals surface area contributed by atoms with Crippen LogP contribution in [-0.2, 0) is 5.72 Å². The zero-order chi connectivity index (χ0) is 15.7. The summed E-state index contributed by atoms with van der Waals surface area (Å²) in [6, 6.07) is 18.6. The molecule has 1 saturated heterocycles. The van der Waals surface area contributed by atoms with Crippen molar-refractivity contribution in [2.75, 3.05) is 13.1 Å². The van der Waals surface area contributed by atoms with Crippen LogP contribution in [0.5, 0.6) is 0 Å². The van der Waals surface area contributed by atoms with Gasteiger partial charge in [-0.2, -0.15) is 0 Å². The van der Waals surface area contributed by atoms with E-state index in [-0.39, 0.29) is 12.4 Å². The Kier molecular flexibility index (Phi) is 4.93. The molecule has 0 bridgehead atoms. The van der Waals surface area contributed by atoms with Crippen molar-refractivity contribution in [2.24, 2.45) is 4.99 Å². The zero-order valence-electron chi connectivity index (χ0n) is 13.7. The third-order valence-corrected chi connectivity index (χ3v) is 4.98. The minimum Gasteiger partial charge on any atom is -1.00 e. The first kappa shape index (κ1) is 17.0. The van der Waals surface area contributed by atoms with Gasteiger partial charge in [0.15, 0.2) is 5.72 Å². The van der Waals surface area contributed by atoms with E-state index < -0.39 is 5.72 Å². The number of nitrogens with zero attached hydrogens (tertiary/aromatic N) is 2. The molecule has 2 aliphatic heterocycles. The highest BCUT2D eigenvalue weighted by molar-refractivity contribution is 5.85. The molecule has 0 spiro atoms. The van der Waals surface area contributed by atoms with Crippen LogP contribution in [0.3, 0.4) is 0 Å². The van der Waals surface area contributed by atoms with Gasteiger partial charge in [0, 0.05) is 18.5 Å². The van der Waals surface area contributed by atoms with Crippen molar-refractivity contribution in [1.29, 1.82) is 0 Å². The maximum atomic E-state index is 11.3. The van der Waals surface area contributed by atoms with Crippen molar-refractivity contribution in [3.05, 3.63) is 60.2 Å². The average molecular weight is 342 g/mol. The maximum absolute atomic E-state index is 11.3. The van der Waals surface area contributed by atoms with E-state index >= 15 is 0 Å². The van der Waals surface area contributed by atoms with Gasteiger partial charge in [0.05, 0.1) is 6.54 Å². The number of amidine groups is 1. The minimum atomic E-state index is -0.963. The van der Waals surface area contributed by atoms with Gasteiger partial charge < -0.3 is 22.4 Å². The summed E-state index contributed by atoms with van der Waals surface area (Å²) in [5.41, 5.74) is 2.35. The number of fused-ring (bicyclic) bond motifs is 1. The number of benzene rings is 2. The first-order valence-electron chi connectivity index (χ1n) is 8.47. The molecule has 0 aliphatic carbocycles. The molecule has 2 aromatic carbocycles. The second kappa shape index (κ2) is 6.96. The van der Waals surface area contributed by atoms with Crippen molar-refractivity contribution in [1.82, 2.24) is 4.90 Å². The van der Waals surface area contributed by atoms with Crippen LogP contribution >= 0.6 is 0 Å². The fraction of sp³-hybridized carbons (Fsp3) is 0.350. The van der Waals surface area contributed by atoms with Gasteiger partial charge in [0.25, 0.3) is 0 Å². The second-order valence-corrected chi connectivity index (χ2v) is 6.45. The number of rotatable bonds is 2. The van der Waals surface area contributed by atoms with Crippen LogP contribution in [0.25, 0.3) is 11.1 Å². The molecule has 1 fully saturated rings. The van der Waals surface area contributed by atoms with Gasteiger partial charge in [-0.25, -0.2) is 0 Å². The second-order valence-electron chi connectivity index (χ2n) is 6.45. The third kappa shape index (κ3) is 2.94. The molecule has 0 saturated carbocycles. The zero-order valence-corrected chi connectivity index (χ0v) is 14.4. The normalized spacial score (nSPS) is 23.0. The molecule has 4 rings (SSSR count). The van der Waals surface area contributed by atoms with Gasteiger partial charge in [0.2, 0.25) is 0 Å². The van der Waals surface area contributed by atoms with Crippen molar-refractivity contribution < 1.29 is 17.5 Å². The highest BCUT2D eigenvalue weighted by Crippen LogP contribution is 2.35. The quantitative estimate of drug-likeness (QED) is 0.876. The smallest absolute Gasteiger partial charge is 0.185 e. The first-order chi connectivity index (χ1) is 11.3. The standard InChI is InChI=1S/C20H22N2O.ClH/c23-20(15-21-19-9-5-2-6-14-22(19)20)18-12-10-17(11-13-18)16-7-3-1-4-8-16;/h1,3-4,7-8,10-13,23H,2,5-6,9,14-15H2;1H/p-1. The van der Waals surface area contributed by atoms with E-state index in [1.54, 1.807) is 0 Å². The molecule has 24 heavy (non-hydrogen) atoms. The van der Waals surface area contributed by atoms with E-state index in [1.807, 2.05) is 30.3 Å². The molecule has 126 valence electrons. The van der Waals surface area contributed by atoms with Crippen LogP contribution in [0.1, 0.15) is 31.2 Å². The molecule has 2 aliphatic rings. The fourth-order valence-corrected chi connectivity index (χ4v) is 3.65. The van der Waals surface area contributed by atoms with Gasteiger partial charge in [-0.1, -0.05) is 61.0 Å². The summed E-state index contributed by atoms with van der Waals surface area (Å²) in [5.74, 6) is 1.08. The molecule has 3 nitrogen and oxygen atoms in total. The average Bonchev–Trinajstić information content (AvgIpc) is 2.78. The monoisotopic (exact) mass is 341 g/mol. The molecule has 2 heterocycles.